The van der Waals surface area contributed by atoms with Crippen molar-refractivity contribution in [3.05, 3.63) is 22.2 Å². The molecule has 0 aliphatic heterocycles. The maximum Gasteiger partial charge on any atom is 0.142 e. The van der Waals surface area contributed by atoms with Gasteiger partial charge in [-0.1, -0.05) is 11.6 Å². The number of methoxy groups -OCH3 is 1. The zero-order valence-corrected chi connectivity index (χ0v) is 10.6. The third-order valence-corrected chi connectivity index (χ3v) is 3.00. The van der Waals surface area contributed by atoms with Gasteiger partial charge in [0.2, 0.25) is 0 Å². The Balaban J connectivity index is 3.26. The molecule has 16 heavy (non-hydrogen) atoms. The van der Waals surface area contributed by atoms with E-state index in [1.165, 1.54) is 0 Å². The Morgan fingerprint density at radius 3 is 2.62 bits per heavy atom. The van der Waals surface area contributed by atoms with Crippen molar-refractivity contribution >= 4 is 17.3 Å². The van der Waals surface area contributed by atoms with Crippen LogP contribution in [0.25, 0.3) is 0 Å². The van der Waals surface area contributed by atoms with Crippen molar-refractivity contribution in [2.24, 2.45) is 0 Å². The number of benzene rings is 1. The zero-order valence-electron chi connectivity index (χ0n) is 9.89. The summed E-state index contributed by atoms with van der Waals surface area (Å²) in [6.07, 6.45) is 0. The molecule has 0 heterocycles. The van der Waals surface area contributed by atoms with Crippen LogP contribution >= 0.6 is 11.6 Å². The molecule has 1 rings (SSSR count). The van der Waals surface area contributed by atoms with Crippen molar-refractivity contribution in [2.45, 2.75) is 26.8 Å². The minimum absolute atomic E-state index is 0.286. The molecule has 1 atom stereocenters. The van der Waals surface area contributed by atoms with E-state index >= 15 is 0 Å². The summed E-state index contributed by atoms with van der Waals surface area (Å²) in [6, 6.07) is 3.69. The lowest BCUT2D eigenvalue weighted by molar-refractivity contribution is 0.415. The standard InChI is InChI=1S/C12H15ClN2O/c1-7-5-10(16-4)12(9(3)11(7)13)15-8(2)6-14/h5,8,15H,1-4H3. The average molecular weight is 239 g/mol. The fraction of sp³-hybridized carbons (Fsp3) is 0.417. The second-order valence-electron chi connectivity index (χ2n) is 3.70. The van der Waals surface area contributed by atoms with Gasteiger partial charge in [-0.3, -0.25) is 0 Å². The number of rotatable bonds is 3. The van der Waals surface area contributed by atoms with Crippen LogP contribution in [0.5, 0.6) is 5.75 Å². The largest absolute Gasteiger partial charge is 0.495 e. The van der Waals surface area contributed by atoms with Gasteiger partial charge in [-0.2, -0.15) is 5.26 Å². The zero-order chi connectivity index (χ0) is 12.3. The third-order valence-electron chi connectivity index (χ3n) is 2.42. The highest BCUT2D eigenvalue weighted by atomic mass is 35.5. The molecule has 0 aliphatic carbocycles. The summed E-state index contributed by atoms with van der Waals surface area (Å²) in [5.41, 5.74) is 2.65. The van der Waals surface area contributed by atoms with Crippen LogP contribution in [0.4, 0.5) is 5.69 Å². The van der Waals surface area contributed by atoms with Crippen molar-refractivity contribution < 1.29 is 4.74 Å². The van der Waals surface area contributed by atoms with Gasteiger partial charge >= 0.3 is 0 Å². The number of anilines is 1. The van der Waals surface area contributed by atoms with Gasteiger partial charge in [-0.15, -0.1) is 0 Å². The van der Waals surface area contributed by atoms with Crippen molar-refractivity contribution in [1.29, 1.82) is 5.26 Å². The molecule has 3 nitrogen and oxygen atoms in total. The van der Waals surface area contributed by atoms with E-state index in [9.17, 15) is 0 Å². The lowest BCUT2D eigenvalue weighted by atomic mass is 10.1. The lowest BCUT2D eigenvalue weighted by Crippen LogP contribution is -2.14. The SMILES string of the molecule is COc1cc(C)c(Cl)c(C)c1NC(C)C#N. The number of hydrogen-bond acceptors (Lipinski definition) is 3. The molecule has 0 aromatic heterocycles. The Bertz CT molecular complexity index is 438. The Labute approximate surface area is 101 Å². The molecule has 4 heteroatoms. The summed E-state index contributed by atoms with van der Waals surface area (Å²) in [5.74, 6) is 0.710. The molecule has 1 N–H and O–H groups in total. The van der Waals surface area contributed by atoms with E-state index in [1.807, 2.05) is 19.9 Å². The predicted molar refractivity (Wildman–Crippen MR) is 66.2 cm³/mol. The van der Waals surface area contributed by atoms with Crippen LogP contribution in [0.2, 0.25) is 5.02 Å². The molecular weight excluding hydrogens is 224 g/mol. The number of hydrogen-bond donors (Lipinski definition) is 1. The van der Waals surface area contributed by atoms with Gasteiger partial charge in [0.25, 0.3) is 0 Å². The van der Waals surface area contributed by atoms with Gasteiger partial charge in [0.05, 0.1) is 18.9 Å². The maximum absolute atomic E-state index is 8.79. The van der Waals surface area contributed by atoms with E-state index in [1.54, 1.807) is 14.0 Å². The van der Waals surface area contributed by atoms with Crippen LogP contribution in [0.1, 0.15) is 18.1 Å². The van der Waals surface area contributed by atoms with E-state index in [4.69, 9.17) is 21.6 Å². The lowest BCUT2D eigenvalue weighted by Gasteiger charge is -2.17. The van der Waals surface area contributed by atoms with Crippen molar-refractivity contribution in [1.82, 2.24) is 0 Å². The van der Waals surface area contributed by atoms with Crippen LogP contribution < -0.4 is 10.1 Å². The monoisotopic (exact) mass is 238 g/mol. The molecule has 1 aromatic rings. The molecule has 86 valence electrons. The maximum atomic E-state index is 8.79. The first kappa shape index (κ1) is 12.7. The molecule has 0 fully saturated rings. The van der Waals surface area contributed by atoms with E-state index in [0.29, 0.717) is 10.8 Å². The molecule has 0 bridgehead atoms. The Kier molecular flexibility index (Phi) is 4.03. The van der Waals surface area contributed by atoms with E-state index in [0.717, 1.165) is 16.8 Å². The van der Waals surface area contributed by atoms with Gasteiger partial charge in [0, 0.05) is 5.02 Å². The number of aryl methyl sites for hydroxylation is 1. The highest BCUT2D eigenvalue weighted by molar-refractivity contribution is 6.32. The fourth-order valence-corrected chi connectivity index (χ4v) is 1.66. The molecule has 1 unspecified atom stereocenters. The van der Waals surface area contributed by atoms with E-state index in [-0.39, 0.29) is 6.04 Å². The molecule has 0 radical (unpaired) electrons. The van der Waals surface area contributed by atoms with Crippen molar-refractivity contribution in [3.63, 3.8) is 0 Å². The van der Waals surface area contributed by atoms with Gasteiger partial charge in [-0.05, 0) is 38.0 Å². The smallest absolute Gasteiger partial charge is 0.142 e. The van der Waals surface area contributed by atoms with E-state index in [2.05, 4.69) is 11.4 Å². The van der Waals surface area contributed by atoms with E-state index < -0.39 is 0 Å². The summed E-state index contributed by atoms with van der Waals surface area (Å²) in [4.78, 5) is 0. The van der Waals surface area contributed by atoms with Crippen molar-refractivity contribution in [2.75, 3.05) is 12.4 Å². The predicted octanol–water partition coefficient (Wildman–Crippen LogP) is 3.29. The summed E-state index contributed by atoms with van der Waals surface area (Å²) in [7, 11) is 1.60. The number of nitriles is 1. The minimum Gasteiger partial charge on any atom is -0.495 e. The van der Waals surface area contributed by atoms with Crippen LogP contribution in [0.3, 0.4) is 0 Å². The Morgan fingerprint density at radius 1 is 1.50 bits per heavy atom. The Hall–Kier alpha value is -1.40. The van der Waals surface area contributed by atoms with Crippen LogP contribution in [0.15, 0.2) is 6.07 Å². The first-order chi connectivity index (χ1) is 7.51. The van der Waals surface area contributed by atoms with Crippen LogP contribution in [-0.2, 0) is 0 Å². The van der Waals surface area contributed by atoms with Crippen molar-refractivity contribution in [3.8, 4) is 11.8 Å². The van der Waals surface area contributed by atoms with Crippen LogP contribution in [-0.4, -0.2) is 13.2 Å². The fourth-order valence-electron chi connectivity index (χ4n) is 1.51. The van der Waals surface area contributed by atoms with Gasteiger partial charge in [0.15, 0.2) is 0 Å². The molecule has 0 amide bonds. The summed E-state index contributed by atoms with van der Waals surface area (Å²) in [5, 5.41) is 12.6. The summed E-state index contributed by atoms with van der Waals surface area (Å²) >= 11 is 6.16. The number of nitrogens with one attached hydrogen (secondary N) is 1. The third kappa shape index (κ3) is 2.40. The second-order valence-corrected chi connectivity index (χ2v) is 4.08. The Morgan fingerprint density at radius 2 is 2.12 bits per heavy atom. The molecule has 0 aliphatic rings. The van der Waals surface area contributed by atoms with Gasteiger partial charge in [-0.25, -0.2) is 0 Å². The number of nitrogens with zero attached hydrogens (tertiary/aromatic N) is 1. The highest BCUT2D eigenvalue weighted by Gasteiger charge is 2.14. The molecule has 0 saturated heterocycles. The molecule has 0 spiro atoms. The molecular formula is C12H15ClN2O. The number of halogens is 1. The first-order valence-corrected chi connectivity index (χ1v) is 5.38. The normalized spacial score (nSPS) is 11.8. The molecule has 1 aromatic carbocycles. The van der Waals surface area contributed by atoms with Gasteiger partial charge in [0.1, 0.15) is 11.8 Å². The summed E-state index contributed by atoms with van der Waals surface area (Å²) < 4.78 is 5.28. The minimum atomic E-state index is -0.286. The second kappa shape index (κ2) is 5.09. The molecule has 0 saturated carbocycles. The average Bonchev–Trinajstić information content (AvgIpc) is 2.29. The highest BCUT2D eigenvalue weighted by Crippen LogP contribution is 2.36. The number of ether oxygens (including phenoxy) is 1. The quantitative estimate of drug-likeness (QED) is 0.879. The first-order valence-electron chi connectivity index (χ1n) is 5.01. The topological polar surface area (TPSA) is 45.0 Å². The van der Waals surface area contributed by atoms with Crippen LogP contribution in [0, 0.1) is 25.2 Å². The summed E-state index contributed by atoms with van der Waals surface area (Å²) in [6.45, 7) is 5.62. The van der Waals surface area contributed by atoms with Gasteiger partial charge < -0.3 is 10.1 Å².